The molecule has 0 saturated carbocycles. The summed E-state index contributed by atoms with van der Waals surface area (Å²) in [5.41, 5.74) is 3.00. The molecule has 0 amide bonds. The van der Waals surface area contributed by atoms with E-state index < -0.39 is 9.73 Å². The lowest BCUT2D eigenvalue weighted by molar-refractivity contribution is 0.0985. The molecule has 0 N–H and O–H groups in total. The van der Waals surface area contributed by atoms with Crippen LogP contribution in [-0.2, 0) is 20.9 Å². The number of morpholine rings is 1. The largest absolute Gasteiger partial charge is 0.377 e. The number of pyridine rings is 1. The number of allylic oxidation sites excluding steroid dienone is 1. The highest BCUT2D eigenvalue weighted by Crippen LogP contribution is 2.32. The summed E-state index contributed by atoms with van der Waals surface area (Å²) in [6, 6.07) is 3.97. The molecule has 1 fully saturated rings. The lowest BCUT2D eigenvalue weighted by Gasteiger charge is -2.34. The van der Waals surface area contributed by atoms with E-state index in [1.165, 1.54) is 0 Å². The molecule has 0 bridgehead atoms. The van der Waals surface area contributed by atoms with Crippen LogP contribution in [0.5, 0.6) is 0 Å². The smallest absolute Gasteiger partial charge is 0.167 e. The Morgan fingerprint density at radius 3 is 2.93 bits per heavy atom. The van der Waals surface area contributed by atoms with E-state index in [1.54, 1.807) is 12.5 Å². The van der Waals surface area contributed by atoms with Crippen LogP contribution < -0.4 is 4.90 Å². The van der Waals surface area contributed by atoms with Crippen molar-refractivity contribution in [3.63, 3.8) is 0 Å². The topological polar surface area (TPSA) is 80.6 Å². The summed E-state index contributed by atoms with van der Waals surface area (Å²) in [5, 5.41) is -0.0696. The number of anilines is 1. The first kappa shape index (κ1) is 20.0. The van der Waals surface area contributed by atoms with E-state index >= 15 is 0 Å². The highest BCUT2D eigenvalue weighted by atomic mass is 32.2. The average molecular weight is 414 g/mol. The van der Waals surface area contributed by atoms with Crippen LogP contribution in [0.1, 0.15) is 32.0 Å². The van der Waals surface area contributed by atoms with E-state index in [1.807, 2.05) is 26.0 Å². The van der Waals surface area contributed by atoms with E-state index in [0.29, 0.717) is 24.9 Å². The summed E-state index contributed by atoms with van der Waals surface area (Å²) in [6.45, 7) is 7.99. The molecule has 2 aromatic heterocycles. The van der Waals surface area contributed by atoms with Crippen molar-refractivity contribution in [3.8, 4) is 11.4 Å². The first-order chi connectivity index (χ1) is 13.8. The molecule has 29 heavy (non-hydrogen) atoms. The van der Waals surface area contributed by atoms with Crippen LogP contribution in [0, 0.1) is 0 Å². The van der Waals surface area contributed by atoms with Gasteiger partial charge in [0.2, 0.25) is 0 Å². The van der Waals surface area contributed by atoms with Gasteiger partial charge in [0.25, 0.3) is 0 Å². The van der Waals surface area contributed by atoms with Gasteiger partial charge in [-0.3, -0.25) is 4.98 Å². The second kappa shape index (κ2) is 7.84. The molecule has 4 rings (SSSR count). The number of hydrogen-bond acceptors (Lipinski definition) is 7. The van der Waals surface area contributed by atoms with Gasteiger partial charge in [0.15, 0.2) is 11.6 Å². The molecule has 7 nitrogen and oxygen atoms in total. The number of ether oxygens (including phenoxy) is 1. The zero-order valence-electron chi connectivity index (χ0n) is 17.3. The van der Waals surface area contributed by atoms with Gasteiger partial charge in [-0.2, -0.15) is 4.36 Å². The maximum absolute atomic E-state index is 13.0. The van der Waals surface area contributed by atoms with Crippen LogP contribution in [0.3, 0.4) is 0 Å². The standard InChI is InChI=1S/C21H27N5O2S/c1-14(2)29(4,27)25-19-12-20(26-10-11-28-13-15(26)3)24-21(23-19)17-8-9-22-18-7-5-6-16(17)18/h5-6,8-9,12,14-15H,7,10-11,13H2,1-4H3/t15-,29?/m1/s1. The van der Waals surface area contributed by atoms with Gasteiger partial charge in [-0.25, -0.2) is 14.2 Å². The number of hydrogen-bond donors (Lipinski definition) is 0. The summed E-state index contributed by atoms with van der Waals surface area (Å²) in [4.78, 5) is 16.2. The monoisotopic (exact) mass is 413 g/mol. The van der Waals surface area contributed by atoms with Crippen molar-refractivity contribution in [3.05, 3.63) is 35.7 Å². The van der Waals surface area contributed by atoms with Crippen molar-refractivity contribution >= 4 is 27.4 Å². The molecule has 2 atom stereocenters. The second-order valence-electron chi connectivity index (χ2n) is 7.85. The Morgan fingerprint density at radius 2 is 2.17 bits per heavy atom. The predicted molar refractivity (Wildman–Crippen MR) is 117 cm³/mol. The van der Waals surface area contributed by atoms with Gasteiger partial charge in [-0.15, -0.1) is 0 Å². The minimum Gasteiger partial charge on any atom is -0.377 e. The Balaban J connectivity index is 1.88. The van der Waals surface area contributed by atoms with Gasteiger partial charge in [0.1, 0.15) is 5.82 Å². The molecule has 8 heteroatoms. The molecule has 3 heterocycles. The van der Waals surface area contributed by atoms with Gasteiger partial charge in [-0.1, -0.05) is 26.0 Å². The Morgan fingerprint density at radius 1 is 1.34 bits per heavy atom. The summed E-state index contributed by atoms with van der Waals surface area (Å²) in [6.07, 6.45) is 8.46. The Kier molecular flexibility index (Phi) is 5.40. The molecule has 0 spiro atoms. The van der Waals surface area contributed by atoms with E-state index in [2.05, 4.69) is 33.3 Å². The molecule has 2 aromatic rings. The van der Waals surface area contributed by atoms with Gasteiger partial charge in [-0.05, 0) is 13.0 Å². The van der Waals surface area contributed by atoms with Crippen LogP contribution in [0.25, 0.3) is 17.5 Å². The third-order valence-electron chi connectivity index (χ3n) is 5.42. The number of fused-ring (bicyclic) bond motifs is 1. The fourth-order valence-corrected chi connectivity index (χ4v) is 4.12. The van der Waals surface area contributed by atoms with Crippen LogP contribution in [0.4, 0.5) is 11.6 Å². The minimum atomic E-state index is -2.41. The lowest BCUT2D eigenvalue weighted by Crippen LogP contribution is -2.44. The van der Waals surface area contributed by atoms with Crippen molar-refractivity contribution in [1.82, 2.24) is 15.0 Å². The summed E-state index contributed by atoms with van der Waals surface area (Å²) in [5.74, 6) is 1.83. The fraction of sp³-hybridized carbons (Fsp3) is 0.476. The van der Waals surface area contributed by atoms with Crippen molar-refractivity contribution in [1.29, 1.82) is 0 Å². The zero-order valence-corrected chi connectivity index (χ0v) is 18.1. The first-order valence-electron chi connectivity index (χ1n) is 9.94. The van der Waals surface area contributed by atoms with Crippen molar-refractivity contribution in [2.75, 3.05) is 30.9 Å². The first-order valence-corrected chi connectivity index (χ1v) is 11.9. The molecule has 2 aliphatic rings. The van der Waals surface area contributed by atoms with E-state index in [0.717, 1.165) is 35.6 Å². The minimum absolute atomic E-state index is 0.0696. The van der Waals surface area contributed by atoms with Gasteiger partial charge in [0, 0.05) is 47.9 Å². The third-order valence-corrected chi connectivity index (χ3v) is 7.72. The SMILES string of the molecule is CC(C)S(C)(=O)=Nc1cc(N2CCOC[C@H]2C)nc(-c2ccnc3c2C=CC3)n1. The summed E-state index contributed by atoms with van der Waals surface area (Å²) in [7, 11) is -2.41. The number of nitrogens with zero attached hydrogens (tertiary/aromatic N) is 5. The van der Waals surface area contributed by atoms with Crippen molar-refractivity contribution < 1.29 is 8.95 Å². The average Bonchev–Trinajstić information content (AvgIpc) is 3.16. The molecule has 154 valence electrons. The third kappa shape index (κ3) is 4.04. The van der Waals surface area contributed by atoms with Crippen LogP contribution in [0.2, 0.25) is 0 Å². The second-order valence-corrected chi connectivity index (χ2v) is 10.7. The Labute approximate surface area is 172 Å². The number of rotatable bonds is 4. The van der Waals surface area contributed by atoms with Crippen LogP contribution in [0.15, 0.2) is 28.8 Å². The van der Waals surface area contributed by atoms with E-state index in [9.17, 15) is 4.21 Å². The van der Waals surface area contributed by atoms with E-state index in [-0.39, 0.29) is 11.3 Å². The Bertz CT molecular complexity index is 1070. The molecule has 1 aliphatic carbocycles. The lowest BCUT2D eigenvalue weighted by atomic mass is 10.1. The Hall–Kier alpha value is -2.32. The molecule has 1 unspecified atom stereocenters. The molecular formula is C21H27N5O2S. The molecule has 0 aromatic carbocycles. The molecule has 1 aliphatic heterocycles. The predicted octanol–water partition coefficient (Wildman–Crippen LogP) is 3.47. The quantitative estimate of drug-likeness (QED) is 0.763. The van der Waals surface area contributed by atoms with Crippen LogP contribution in [-0.4, -0.2) is 56.5 Å². The highest BCUT2D eigenvalue weighted by molar-refractivity contribution is 7.93. The molecule has 0 radical (unpaired) electrons. The zero-order chi connectivity index (χ0) is 20.6. The molecule has 1 saturated heterocycles. The normalized spacial score (nSPS) is 20.6. The van der Waals surface area contributed by atoms with Crippen molar-refractivity contribution in [2.24, 2.45) is 4.36 Å². The van der Waals surface area contributed by atoms with Crippen LogP contribution >= 0.6 is 0 Å². The summed E-state index contributed by atoms with van der Waals surface area (Å²) < 4.78 is 23.1. The maximum Gasteiger partial charge on any atom is 0.167 e. The van der Waals surface area contributed by atoms with E-state index in [4.69, 9.17) is 14.7 Å². The number of aromatic nitrogens is 3. The molecular weight excluding hydrogens is 386 g/mol. The summed E-state index contributed by atoms with van der Waals surface area (Å²) >= 11 is 0. The fourth-order valence-electron chi connectivity index (χ4n) is 3.44. The van der Waals surface area contributed by atoms with Gasteiger partial charge in [0.05, 0.1) is 34.7 Å². The van der Waals surface area contributed by atoms with Gasteiger partial charge >= 0.3 is 0 Å². The van der Waals surface area contributed by atoms with Gasteiger partial charge < -0.3 is 9.64 Å². The maximum atomic E-state index is 13.0. The van der Waals surface area contributed by atoms with Crippen molar-refractivity contribution in [2.45, 2.75) is 38.5 Å². The highest BCUT2D eigenvalue weighted by Gasteiger charge is 2.23.